The zero-order chi connectivity index (χ0) is 21.6. The highest BCUT2D eigenvalue weighted by Crippen LogP contribution is 2.26. The molecule has 1 saturated heterocycles. The molecular weight excluding hydrogens is 394 g/mol. The van der Waals surface area contributed by atoms with Crippen molar-refractivity contribution in [3.8, 4) is 0 Å². The molecule has 0 bridgehead atoms. The third kappa shape index (κ3) is 4.84. The van der Waals surface area contributed by atoms with Gasteiger partial charge in [-0.2, -0.15) is 5.10 Å². The molecule has 0 radical (unpaired) electrons. The highest BCUT2D eigenvalue weighted by Gasteiger charge is 2.37. The van der Waals surface area contributed by atoms with E-state index < -0.39 is 12.0 Å². The summed E-state index contributed by atoms with van der Waals surface area (Å²) in [7, 11) is 0. The fraction of sp³-hybridized carbons (Fsp3) is 0.391. The molecule has 1 amide bonds. The standard InChI is InChI=1S/C23H27N5O3/c1-2-31-23(30)19-16-20(28(26-19)18-8-4-3-5-9-18)22(29)25-17-11-14-27(15-12-17)21-10-6-7-13-24-21/h3-10,13,17,20H,2,11-12,14-16H2,1H3,(H,25,29). The van der Waals surface area contributed by atoms with E-state index >= 15 is 0 Å². The minimum Gasteiger partial charge on any atom is -0.461 e. The van der Waals surface area contributed by atoms with E-state index in [1.54, 1.807) is 18.1 Å². The zero-order valence-corrected chi connectivity index (χ0v) is 17.6. The molecule has 2 aromatic rings. The van der Waals surface area contributed by atoms with Crippen LogP contribution in [0.15, 0.2) is 59.8 Å². The van der Waals surface area contributed by atoms with Crippen LogP contribution in [-0.2, 0) is 14.3 Å². The Morgan fingerprint density at radius 1 is 1.10 bits per heavy atom. The molecule has 1 N–H and O–H groups in total. The maximum Gasteiger partial charge on any atom is 0.354 e. The average Bonchev–Trinajstić information content (AvgIpc) is 3.27. The Morgan fingerprint density at radius 3 is 2.52 bits per heavy atom. The summed E-state index contributed by atoms with van der Waals surface area (Å²) in [4.78, 5) is 32.0. The van der Waals surface area contributed by atoms with E-state index in [-0.39, 0.29) is 30.7 Å². The predicted molar refractivity (Wildman–Crippen MR) is 119 cm³/mol. The lowest BCUT2D eigenvalue weighted by Gasteiger charge is -2.34. The number of hydrazone groups is 1. The lowest BCUT2D eigenvalue weighted by Crippen LogP contribution is -2.50. The molecule has 4 rings (SSSR count). The number of amides is 1. The van der Waals surface area contributed by atoms with Gasteiger partial charge in [0.15, 0.2) is 0 Å². The second kappa shape index (κ2) is 9.59. The van der Waals surface area contributed by atoms with Crippen LogP contribution in [0.2, 0.25) is 0 Å². The number of anilines is 2. The normalized spacial score (nSPS) is 19.1. The van der Waals surface area contributed by atoms with Crippen molar-refractivity contribution in [2.45, 2.75) is 38.3 Å². The summed E-state index contributed by atoms with van der Waals surface area (Å²) < 4.78 is 5.10. The number of carbonyl (C=O) groups is 2. The summed E-state index contributed by atoms with van der Waals surface area (Å²) in [5, 5.41) is 9.22. The van der Waals surface area contributed by atoms with Crippen molar-refractivity contribution in [3.63, 3.8) is 0 Å². The number of nitrogens with zero attached hydrogens (tertiary/aromatic N) is 4. The first-order valence-corrected chi connectivity index (χ1v) is 10.7. The molecule has 1 aromatic carbocycles. The summed E-state index contributed by atoms with van der Waals surface area (Å²) in [6.07, 6.45) is 3.70. The predicted octanol–water partition coefficient (Wildman–Crippen LogP) is 2.36. The van der Waals surface area contributed by atoms with Crippen molar-refractivity contribution < 1.29 is 14.3 Å². The third-order valence-corrected chi connectivity index (χ3v) is 5.56. The molecule has 1 atom stereocenters. The van der Waals surface area contributed by atoms with Crippen LogP contribution in [0.3, 0.4) is 0 Å². The van der Waals surface area contributed by atoms with Gasteiger partial charge in [0.2, 0.25) is 5.91 Å². The van der Waals surface area contributed by atoms with E-state index in [1.807, 2.05) is 48.5 Å². The van der Waals surface area contributed by atoms with Gasteiger partial charge in [0.1, 0.15) is 17.6 Å². The Bertz CT molecular complexity index is 927. The molecule has 162 valence electrons. The smallest absolute Gasteiger partial charge is 0.354 e. The van der Waals surface area contributed by atoms with Crippen molar-refractivity contribution >= 4 is 29.1 Å². The highest BCUT2D eigenvalue weighted by atomic mass is 16.5. The molecule has 0 spiro atoms. The molecule has 0 aliphatic carbocycles. The largest absolute Gasteiger partial charge is 0.461 e. The molecule has 0 saturated carbocycles. The monoisotopic (exact) mass is 421 g/mol. The molecule has 1 unspecified atom stereocenters. The summed E-state index contributed by atoms with van der Waals surface area (Å²) in [5.41, 5.74) is 1.04. The zero-order valence-electron chi connectivity index (χ0n) is 17.6. The van der Waals surface area contributed by atoms with Crippen LogP contribution in [-0.4, -0.2) is 54.4 Å². The SMILES string of the molecule is CCOC(=O)C1=NN(c2ccccc2)C(C(=O)NC2CCN(c3ccccn3)CC2)C1. The molecule has 31 heavy (non-hydrogen) atoms. The van der Waals surface area contributed by atoms with Crippen LogP contribution < -0.4 is 15.2 Å². The highest BCUT2D eigenvalue weighted by molar-refractivity contribution is 6.38. The molecule has 3 heterocycles. The van der Waals surface area contributed by atoms with Crippen LogP contribution in [0.5, 0.6) is 0 Å². The van der Waals surface area contributed by atoms with Gasteiger partial charge in [-0.05, 0) is 44.0 Å². The number of hydrogen-bond acceptors (Lipinski definition) is 7. The number of aromatic nitrogens is 1. The van der Waals surface area contributed by atoms with Crippen molar-refractivity contribution in [1.82, 2.24) is 10.3 Å². The molecule has 1 fully saturated rings. The molecular formula is C23H27N5O3. The van der Waals surface area contributed by atoms with E-state index in [0.29, 0.717) is 0 Å². The second-order valence-electron chi connectivity index (χ2n) is 7.63. The van der Waals surface area contributed by atoms with Gasteiger partial charge in [-0.25, -0.2) is 9.78 Å². The lowest BCUT2D eigenvalue weighted by molar-refractivity contribution is -0.135. The van der Waals surface area contributed by atoms with Gasteiger partial charge in [-0.1, -0.05) is 24.3 Å². The van der Waals surface area contributed by atoms with Crippen LogP contribution in [0.4, 0.5) is 11.5 Å². The Hall–Kier alpha value is -3.42. The number of nitrogens with one attached hydrogen (secondary N) is 1. The summed E-state index contributed by atoms with van der Waals surface area (Å²) in [6, 6.07) is 14.8. The summed E-state index contributed by atoms with van der Waals surface area (Å²) in [5.74, 6) is 0.372. The average molecular weight is 422 g/mol. The van der Waals surface area contributed by atoms with Crippen LogP contribution in [0.25, 0.3) is 0 Å². The molecule has 2 aliphatic heterocycles. The third-order valence-electron chi connectivity index (χ3n) is 5.56. The number of hydrogen-bond donors (Lipinski definition) is 1. The van der Waals surface area contributed by atoms with Crippen molar-refractivity contribution in [1.29, 1.82) is 0 Å². The first-order chi connectivity index (χ1) is 15.2. The van der Waals surface area contributed by atoms with E-state index in [9.17, 15) is 9.59 Å². The quantitative estimate of drug-likeness (QED) is 0.721. The first kappa shape index (κ1) is 20.8. The Balaban J connectivity index is 1.40. The van der Waals surface area contributed by atoms with Crippen LogP contribution in [0, 0.1) is 0 Å². The van der Waals surface area contributed by atoms with E-state index in [2.05, 4.69) is 20.3 Å². The van der Waals surface area contributed by atoms with E-state index in [1.165, 1.54) is 0 Å². The van der Waals surface area contributed by atoms with Gasteiger partial charge >= 0.3 is 5.97 Å². The van der Waals surface area contributed by atoms with Gasteiger partial charge in [0.25, 0.3) is 0 Å². The van der Waals surface area contributed by atoms with E-state index in [4.69, 9.17) is 4.74 Å². The molecule has 1 aromatic heterocycles. The molecule has 2 aliphatic rings. The van der Waals surface area contributed by atoms with Gasteiger partial charge in [-0.15, -0.1) is 0 Å². The van der Waals surface area contributed by atoms with E-state index in [0.717, 1.165) is 37.4 Å². The number of benzene rings is 1. The van der Waals surface area contributed by atoms with Crippen molar-refractivity contribution in [2.75, 3.05) is 29.6 Å². The van der Waals surface area contributed by atoms with Gasteiger partial charge < -0.3 is 15.0 Å². The van der Waals surface area contributed by atoms with Crippen LogP contribution in [0.1, 0.15) is 26.2 Å². The number of rotatable bonds is 6. The van der Waals surface area contributed by atoms with Gasteiger partial charge in [-0.3, -0.25) is 9.80 Å². The maximum atomic E-state index is 13.2. The van der Waals surface area contributed by atoms with Gasteiger partial charge in [0.05, 0.1) is 12.3 Å². The number of carbonyl (C=O) groups excluding carboxylic acids is 2. The topological polar surface area (TPSA) is 87.1 Å². The Morgan fingerprint density at radius 2 is 1.84 bits per heavy atom. The lowest BCUT2D eigenvalue weighted by atomic mass is 10.0. The fourth-order valence-corrected chi connectivity index (χ4v) is 3.96. The number of ether oxygens (including phenoxy) is 1. The van der Waals surface area contributed by atoms with Crippen LogP contribution >= 0.6 is 0 Å². The first-order valence-electron chi connectivity index (χ1n) is 10.7. The second-order valence-corrected chi connectivity index (χ2v) is 7.63. The minimum absolute atomic E-state index is 0.0803. The summed E-state index contributed by atoms with van der Waals surface area (Å²) >= 11 is 0. The Labute approximate surface area is 181 Å². The fourth-order valence-electron chi connectivity index (χ4n) is 3.96. The van der Waals surface area contributed by atoms with Crippen molar-refractivity contribution in [3.05, 3.63) is 54.7 Å². The number of para-hydroxylation sites is 1. The number of esters is 1. The molecule has 8 nitrogen and oxygen atoms in total. The van der Waals surface area contributed by atoms with Gasteiger partial charge in [0, 0.05) is 31.7 Å². The Kier molecular flexibility index (Phi) is 6.45. The minimum atomic E-state index is -0.573. The van der Waals surface area contributed by atoms with Crippen molar-refractivity contribution in [2.24, 2.45) is 5.10 Å². The number of pyridine rings is 1. The summed E-state index contributed by atoms with van der Waals surface area (Å²) in [6.45, 7) is 3.69. The molecule has 8 heteroatoms. The maximum absolute atomic E-state index is 13.2. The number of piperidine rings is 1.